The summed E-state index contributed by atoms with van der Waals surface area (Å²) in [4.78, 5) is 28.9. The summed E-state index contributed by atoms with van der Waals surface area (Å²) in [5.41, 5.74) is 7.26. The van der Waals surface area contributed by atoms with Crippen molar-refractivity contribution in [2.75, 3.05) is 80.8 Å². The first kappa shape index (κ1) is 27.5. The normalized spacial score (nSPS) is 13.5. The van der Waals surface area contributed by atoms with Gasteiger partial charge < -0.3 is 30.3 Å². The Morgan fingerprint density at radius 2 is 1.55 bits per heavy atom. The van der Waals surface area contributed by atoms with Gasteiger partial charge in [-0.2, -0.15) is 15.0 Å². The van der Waals surface area contributed by atoms with Gasteiger partial charge in [0.1, 0.15) is 0 Å². The fourth-order valence-electron chi connectivity index (χ4n) is 3.90. The molecule has 38 heavy (non-hydrogen) atoms. The van der Waals surface area contributed by atoms with Crippen molar-refractivity contribution in [3.05, 3.63) is 63.7 Å². The molecule has 1 aliphatic rings. The quantitative estimate of drug-likeness (QED) is 0.187. The lowest BCUT2D eigenvalue weighted by Crippen LogP contribution is -2.47. The number of ether oxygens (including phenoxy) is 2. The number of nitro groups is 1. The van der Waals surface area contributed by atoms with Crippen molar-refractivity contribution in [3.8, 4) is 11.4 Å². The van der Waals surface area contributed by atoms with Crippen molar-refractivity contribution in [1.82, 2.24) is 15.0 Å². The van der Waals surface area contributed by atoms with Crippen molar-refractivity contribution >= 4 is 34.9 Å². The summed E-state index contributed by atoms with van der Waals surface area (Å²) in [7, 11) is 0. The summed E-state index contributed by atoms with van der Waals surface area (Å²) in [6, 6.07) is 14.0. The Kier molecular flexibility index (Phi) is 9.98. The zero-order chi connectivity index (χ0) is 26.7. The second kappa shape index (κ2) is 13.8. The number of aromatic nitrogens is 3. The molecule has 2 aromatic carbocycles. The van der Waals surface area contributed by atoms with E-state index in [1.54, 1.807) is 24.3 Å². The summed E-state index contributed by atoms with van der Waals surface area (Å²) in [6.45, 7) is 5.81. The predicted octanol–water partition coefficient (Wildman–Crippen LogP) is 2.83. The first-order chi connectivity index (χ1) is 18.5. The highest BCUT2D eigenvalue weighted by molar-refractivity contribution is 6.30. The highest BCUT2D eigenvalue weighted by atomic mass is 35.5. The van der Waals surface area contributed by atoms with Crippen molar-refractivity contribution in [2.24, 2.45) is 5.73 Å². The number of nitro benzene ring substituents is 1. The predicted molar refractivity (Wildman–Crippen MR) is 147 cm³/mol. The Balaban J connectivity index is 1.41. The minimum absolute atomic E-state index is 0.0812. The number of piperazine rings is 1. The highest BCUT2D eigenvalue weighted by Crippen LogP contribution is 2.24. The topological polar surface area (TPSA) is 145 Å². The van der Waals surface area contributed by atoms with E-state index in [9.17, 15) is 10.1 Å². The van der Waals surface area contributed by atoms with E-state index in [1.165, 1.54) is 12.1 Å². The van der Waals surface area contributed by atoms with Crippen LogP contribution in [0.4, 0.5) is 23.3 Å². The van der Waals surface area contributed by atoms with Gasteiger partial charge in [-0.25, -0.2) is 0 Å². The summed E-state index contributed by atoms with van der Waals surface area (Å²) in [6.07, 6.45) is 0. The van der Waals surface area contributed by atoms with Gasteiger partial charge in [0.05, 0.1) is 31.4 Å². The largest absolute Gasteiger partial charge is 0.378 e. The molecule has 202 valence electrons. The molecule has 1 saturated heterocycles. The van der Waals surface area contributed by atoms with Gasteiger partial charge in [-0.3, -0.25) is 10.1 Å². The molecule has 0 saturated carbocycles. The number of hydrogen-bond acceptors (Lipinski definition) is 11. The Morgan fingerprint density at radius 1 is 0.895 bits per heavy atom. The van der Waals surface area contributed by atoms with Crippen LogP contribution in [0, 0.1) is 10.1 Å². The molecule has 3 N–H and O–H groups in total. The maximum atomic E-state index is 10.9. The summed E-state index contributed by atoms with van der Waals surface area (Å²) < 4.78 is 10.9. The second-order valence-electron chi connectivity index (χ2n) is 8.48. The van der Waals surface area contributed by atoms with Gasteiger partial charge in [0, 0.05) is 67.7 Å². The number of nitrogens with two attached hydrogens (primary N) is 1. The number of nitrogens with one attached hydrogen (secondary N) is 1. The van der Waals surface area contributed by atoms with E-state index >= 15 is 0 Å². The van der Waals surface area contributed by atoms with E-state index in [4.69, 9.17) is 31.8 Å². The van der Waals surface area contributed by atoms with Gasteiger partial charge >= 0.3 is 0 Å². The minimum atomic E-state index is -0.392. The molecule has 0 radical (unpaired) electrons. The summed E-state index contributed by atoms with van der Waals surface area (Å²) in [5, 5.41) is 14.8. The molecule has 0 bridgehead atoms. The van der Waals surface area contributed by atoms with Crippen LogP contribution < -0.4 is 20.9 Å². The number of benzene rings is 2. The maximum Gasteiger partial charge on any atom is 0.269 e. The molecule has 0 atom stereocenters. The van der Waals surface area contributed by atoms with Gasteiger partial charge in [-0.05, 0) is 36.4 Å². The first-order valence-electron chi connectivity index (χ1n) is 12.4. The summed E-state index contributed by atoms with van der Waals surface area (Å²) >= 11 is 6.07. The average Bonchev–Trinajstić information content (AvgIpc) is 2.95. The van der Waals surface area contributed by atoms with Gasteiger partial charge in [0.15, 0.2) is 5.82 Å². The number of anilines is 3. The summed E-state index contributed by atoms with van der Waals surface area (Å²) in [5.74, 6) is 1.58. The third-order valence-electron chi connectivity index (χ3n) is 5.88. The van der Waals surface area contributed by atoms with E-state index in [0.29, 0.717) is 75.4 Å². The van der Waals surface area contributed by atoms with Crippen LogP contribution >= 0.6 is 11.6 Å². The molecule has 4 rings (SSSR count). The molecular weight excluding hydrogens is 512 g/mol. The molecule has 3 aromatic rings. The number of non-ortho nitro benzene ring substituents is 1. The van der Waals surface area contributed by atoms with E-state index in [2.05, 4.69) is 25.1 Å². The second-order valence-corrected chi connectivity index (χ2v) is 8.91. The van der Waals surface area contributed by atoms with Crippen LogP contribution in [0.3, 0.4) is 0 Å². The molecule has 12 nitrogen and oxygen atoms in total. The smallest absolute Gasteiger partial charge is 0.269 e. The Morgan fingerprint density at radius 3 is 2.21 bits per heavy atom. The van der Waals surface area contributed by atoms with Gasteiger partial charge in [-0.1, -0.05) is 11.6 Å². The van der Waals surface area contributed by atoms with Crippen LogP contribution in [0.5, 0.6) is 0 Å². The average molecular weight is 543 g/mol. The minimum Gasteiger partial charge on any atom is -0.378 e. The molecule has 0 amide bonds. The number of rotatable bonds is 13. The van der Waals surface area contributed by atoms with Crippen molar-refractivity contribution < 1.29 is 14.4 Å². The SMILES string of the molecule is NCCOCCOCCNc1nc(-c2ccc(Cl)cc2)nc(N2CCN(c3ccc([N+](=O)[O-])cc3)CC2)n1. The molecule has 1 aromatic heterocycles. The van der Waals surface area contributed by atoms with Crippen LogP contribution in [-0.2, 0) is 9.47 Å². The van der Waals surface area contributed by atoms with Crippen LogP contribution in [0.2, 0.25) is 5.02 Å². The van der Waals surface area contributed by atoms with Crippen molar-refractivity contribution in [3.63, 3.8) is 0 Å². The van der Waals surface area contributed by atoms with Crippen molar-refractivity contribution in [1.29, 1.82) is 0 Å². The molecule has 13 heteroatoms. The third kappa shape index (κ3) is 7.71. The molecule has 1 aliphatic heterocycles. The Labute approximate surface area is 225 Å². The zero-order valence-corrected chi connectivity index (χ0v) is 21.7. The Hall–Kier alpha value is -3.58. The third-order valence-corrected chi connectivity index (χ3v) is 6.13. The molecule has 2 heterocycles. The monoisotopic (exact) mass is 542 g/mol. The fraction of sp³-hybridized carbons (Fsp3) is 0.400. The zero-order valence-electron chi connectivity index (χ0n) is 21.0. The van der Waals surface area contributed by atoms with E-state index in [1.807, 2.05) is 12.1 Å². The number of halogens is 1. The van der Waals surface area contributed by atoms with E-state index in [-0.39, 0.29) is 5.69 Å². The van der Waals surface area contributed by atoms with E-state index < -0.39 is 4.92 Å². The molecule has 1 fully saturated rings. The van der Waals surface area contributed by atoms with Crippen LogP contribution in [-0.4, -0.2) is 85.6 Å². The molecular formula is C25H31ClN8O4. The molecule has 0 unspecified atom stereocenters. The van der Waals surface area contributed by atoms with Gasteiger partial charge in [0.25, 0.3) is 5.69 Å². The molecule has 0 aliphatic carbocycles. The number of nitrogens with zero attached hydrogens (tertiary/aromatic N) is 6. The van der Waals surface area contributed by atoms with Gasteiger partial charge in [-0.15, -0.1) is 0 Å². The lowest BCUT2D eigenvalue weighted by atomic mass is 10.2. The van der Waals surface area contributed by atoms with Crippen LogP contribution in [0.1, 0.15) is 0 Å². The van der Waals surface area contributed by atoms with Gasteiger partial charge in [0.2, 0.25) is 11.9 Å². The highest BCUT2D eigenvalue weighted by Gasteiger charge is 2.21. The Bertz CT molecular complexity index is 1170. The first-order valence-corrected chi connectivity index (χ1v) is 12.8. The van der Waals surface area contributed by atoms with E-state index in [0.717, 1.165) is 24.3 Å². The molecule has 0 spiro atoms. The fourth-order valence-corrected chi connectivity index (χ4v) is 4.03. The van der Waals surface area contributed by atoms with Crippen LogP contribution in [0.15, 0.2) is 48.5 Å². The maximum absolute atomic E-state index is 10.9. The van der Waals surface area contributed by atoms with Crippen LogP contribution in [0.25, 0.3) is 11.4 Å². The standard InChI is InChI=1S/C25H31ClN8O4/c26-20-3-1-19(2-4-20)23-29-24(28-10-16-38-18-17-37-15-9-27)31-25(30-23)33-13-11-32(12-14-33)21-5-7-22(8-6-21)34(35)36/h1-8H,9-18,27H2,(H,28,29,30,31). The number of hydrogen-bond donors (Lipinski definition) is 2. The van der Waals surface area contributed by atoms with Crippen molar-refractivity contribution in [2.45, 2.75) is 0 Å². The lowest BCUT2D eigenvalue weighted by Gasteiger charge is -2.36. The lowest BCUT2D eigenvalue weighted by molar-refractivity contribution is -0.384.